The molecule has 20 heavy (non-hydrogen) atoms. The predicted molar refractivity (Wildman–Crippen MR) is 78.6 cm³/mol. The summed E-state index contributed by atoms with van der Waals surface area (Å²) in [6.45, 7) is 7.40. The normalized spacial score (nSPS) is 10.2. The minimum absolute atomic E-state index is 0.259. The number of nitrogens with one attached hydrogen (secondary N) is 1. The van der Waals surface area contributed by atoms with E-state index in [1.54, 1.807) is 24.3 Å². The number of carbonyl (C=O) groups excluding carboxylic acids is 2. The fourth-order valence-electron chi connectivity index (χ4n) is 1.53. The molecular weight excluding hydrogens is 252 g/mol. The van der Waals surface area contributed by atoms with Crippen LogP contribution in [0.3, 0.4) is 0 Å². The molecule has 0 saturated heterocycles. The third kappa shape index (κ3) is 4.43. The Morgan fingerprint density at radius 2 is 1.80 bits per heavy atom. The smallest absolute Gasteiger partial charge is 0.267 e. The third-order valence-electron chi connectivity index (χ3n) is 2.49. The largest absolute Gasteiger partial charge is 0.314 e. The first kappa shape index (κ1) is 15.8. The fourth-order valence-corrected chi connectivity index (χ4v) is 1.53. The van der Waals surface area contributed by atoms with Crippen LogP contribution in [-0.4, -0.2) is 22.4 Å². The molecule has 4 heteroatoms. The second-order valence-corrected chi connectivity index (χ2v) is 5.27. The van der Waals surface area contributed by atoms with Gasteiger partial charge < -0.3 is 0 Å². The van der Waals surface area contributed by atoms with Crippen LogP contribution in [0.5, 0.6) is 0 Å². The zero-order valence-electron chi connectivity index (χ0n) is 12.4. The number of hydrazine groups is 1. The van der Waals surface area contributed by atoms with Crippen molar-refractivity contribution < 1.29 is 9.59 Å². The molecule has 0 fully saturated rings. The molecule has 0 spiro atoms. The molecule has 0 aliphatic rings. The van der Waals surface area contributed by atoms with Crippen molar-refractivity contribution in [1.29, 1.82) is 0 Å². The van der Waals surface area contributed by atoms with Crippen molar-refractivity contribution in [3.63, 3.8) is 0 Å². The van der Waals surface area contributed by atoms with Gasteiger partial charge in [-0.15, -0.1) is 0 Å². The van der Waals surface area contributed by atoms with Crippen molar-refractivity contribution in [3.8, 4) is 11.8 Å². The lowest BCUT2D eigenvalue weighted by atomic mass is 10.1. The molecule has 0 heterocycles. The van der Waals surface area contributed by atoms with Gasteiger partial charge in [0.15, 0.2) is 0 Å². The summed E-state index contributed by atoms with van der Waals surface area (Å²) >= 11 is 0. The van der Waals surface area contributed by atoms with Gasteiger partial charge in [0.2, 0.25) is 0 Å². The van der Waals surface area contributed by atoms with E-state index in [0.29, 0.717) is 12.0 Å². The monoisotopic (exact) mass is 272 g/mol. The highest BCUT2D eigenvalue weighted by Crippen LogP contribution is 2.14. The number of benzene rings is 1. The van der Waals surface area contributed by atoms with Gasteiger partial charge in [-0.25, -0.2) is 5.01 Å². The van der Waals surface area contributed by atoms with Gasteiger partial charge in [-0.2, -0.15) is 0 Å². The van der Waals surface area contributed by atoms with Crippen LogP contribution in [-0.2, 0) is 4.79 Å². The van der Waals surface area contributed by atoms with Crippen LogP contribution in [0.15, 0.2) is 30.3 Å². The summed E-state index contributed by atoms with van der Waals surface area (Å²) in [5, 5.41) is 1.31. The summed E-state index contributed by atoms with van der Waals surface area (Å²) in [6.07, 6.45) is 0.593. The van der Waals surface area contributed by atoms with Crippen molar-refractivity contribution in [1.82, 2.24) is 10.4 Å². The highest BCUT2D eigenvalue weighted by atomic mass is 16.2. The van der Waals surface area contributed by atoms with Gasteiger partial charge >= 0.3 is 5.91 Å². The van der Waals surface area contributed by atoms with E-state index >= 15 is 0 Å². The maximum absolute atomic E-state index is 12.5. The Labute approximate surface area is 120 Å². The molecule has 1 aromatic rings. The number of hydrogen-bond acceptors (Lipinski definition) is 2. The van der Waals surface area contributed by atoms with Crippen LogP contribution in [0.2, 0.25) is 0 Å². The molecule has 0 bridgehead atoms. The van der Waals surface area contributed by atoms with Crippen molar-refractivity contribution in [3.05, 3.63) is 35.9 Å². The first-order valence-corrected chi connectivity index (χ1v) is 6.55. The SMILES string of the molecule is CCC#CC(=O)NN(C(=O)c1ccccc1)C(C)(C)C. The number of amides is 2. The van der Waals surface area contributed by atoms with Gasteiger partial charge in [0, 0.05) is 12.0 Å². The molecule has 0 unspecified atom stereocenters. The van der Waals surface area contributed by atoms with E-state index in [1.807, 2.05) is 33.8 Å². The number of carbonyl (C=O) groups is 2. The topological polar surface area (TPSA) is 49.4 Å². The van der Waals surface area contributed by atoms with E-state index in [9.17, 15) is 9.59 Å². The Bertz CT molecular complexity index is 533. The van der Waals surface area contributed by atoms with Crippen LogP contribution in [0, 0.1) is 11.8 Å². The molecule has 106 valence electrons. The highest BCUT2D eigenvalue weighted by molar-refractivity contribution is 5.99. The Morgan fingerprint density at radius 3 is 2.30 bits per heavy atom. The quantitative estimate of drug-likeness (QED) is 0.630. The molecule has 0 radical (unpaired) electrons. The average molecular weight is 272 g/mol. The van der Waals surface area contributed by atoms with E-state index in [1.165, 1.54) is 5.01 Å². The lowest BCUT2D eigenvalue weighted by molar-refractivity contribution is -0.121. The number of rotatable bonds is 1. The molecule has 0 aliphatic carbocycles. The minimum Gasteiger partial charge on any atom is -0.267 e. The zero-order chi connectivity index (χ0) is 15.2. The highest BCUT2D eigenvalue weighted by Gasteiger charge is 2.28. The maximum atomic E-state index is 12.5. The predicted octanol–water partition coefficient (Wildman–Crippen LogP) is 2.37. The van der Waals surface area contributed by atoms with Crippen LogP contribution in [0.25, 0.3) is 0 Å². The first-order chi connectivity index (χ1) is 9.36. The standard InChI is InChI=1S/C16H20N2O2/c1-5-6-12-14(19)17-18(16(2,3)4)15(20)13-10-8-7-9-11-13/h7-11H,5H2,1-4H3,(H,17,19). The summed E-state index contributed by atoms with van der Waals surface area (Å²) in [7, 11) is 0. The summed E-state index contributed by atoms with van der Waals surface area (Å²) in [4.78, 5) is 24.2. The molecule has 1 N–H and O–H groups in total. The Hall–Kier alpha value is -2.28. The summed E-state index contributed by atoms with van der Waals surface area (Å²) in [5.74, 6) is 4.39. The van der Waals surface area contributed by atoms with E-state index in [0.717, 1.165) is 0 Å². The molecule has 1 aromatic carbocycles. The van der Waals surface area contributed by atoms with Crippen molar-refractivity contribution in [2.45, 2.75) is 39.7 Å². The van der Waals surface area contributed by atoms with Gasteiger partial charge in [-0.3, -0.25) is 15.0 Å². The van der Waals surface area contributed by atoms with E-state index < -0.39 is 11.4 Å². The molecule has 4 nitrogen and oxygen atoms in total. The maximum Gasteiger partial charge on any atom is 0.314 e. The molecule has 0 aromatic heterocycles. The molecular formula is C16H20N2O2. The Balaban J connectivity index is 2.97. The van der Waals surface area contributed by atoms with E-state index in [2.05, 4.69) is 17.3 Å². The molecule has 0 aliphatic heterocycles. The van der Waals surface area contributed by atoms with Crippen LogP contribution >= 0.6 is 0 Å². The second-order valence-electron chi connectivity index (χ2n) is 5.27. The summed E-state index contributed by atoms with van der Waals surface area (Å²) in [5.41, 5.74) is 2.54. The zero-order valence-corrected chi connectivity index (χ0v) is 12.4. The van der Waals surface area contributed by atoms with Gasteiger partial charge in [-0.1, -0.05) is 31.0 Å². The number of hydrogen-bond donors (Lipinski definition) is 1. The molecule has 0 atom stereocenters. The number of nitrogens with zero attached hydrogens (tertiary/aromatic N) is 1. The first-order valence-electron chi connectivity index (χ1n) is 6.55. The van der Waals surface area contributed by atoms with Gasteiger partial charge in [0.1, 0.15) is 0 Å². The van der Waals surface area contributed by atoms with Crippen LogP contribution in [0.1, 0.15) is 44.5 Å². The Morgan fingerprint density at radius 1 is 1.20 bits per heavy atom. The van der Waals surface area contributed by atoms with E-state index in [-0.39, 0.29) is 5.91 Å². The van der Waals surface area contributed by atoms with Gasteiger partial charge in [0.05, 0.1) is 5.54 Å². The Kier molecular flexibility index (Phi) is 5.33. The van der Waals surface area contributed by atoms with Crippen LogP contribution in [0.4, 0.5) is 0 Å². The lowest BCUT2D eigenvalue weighted by Crippen LogP contribution is -2.55. The van der Waals surface area contributed by atoms with Crippen molar-refractivity contribution in [2.75, 3.05) is 0 Å². The van der Waals surface area contributed by atoms with E-state index in [4.69, 9.17) is 0 Å². The summed E-state index contributed by atoms with van der Waals surface area (Å²) < 4.78 is 0. The van der Waals surface area contributed by atoms with Gasteiger partial charge in [-0.05, 0) is 38.8 Å². The minimum atomic E-state index is -0.545. The van der Waals surface area contributed by atoms with Gasteiger partial charge in [0.25, 0.3) is 5.91 Å². The van der Waals surface area contributed by atoms with Crippen molar-refractivity contribution in [2.24, 2.45) is 0 Å². The lowest BCUT2D eigenvalue weighted by Gasteiger charge is -2.34. The molecule has 1 rings (SSSR count). The van der Waals surface area contributed by atoms with Crippen LogP contribution < -0.4 is 5.43 Å². The second kappa shape index (κ2) is 6.76. The fraction of sp³-hybridized carbons (Fsp3) is 0.375. The third-order valence-corrected chi connectivity index (χ3v) is 2.49. The summed E-state index contributed by atoms with van der Waals surface area (Å²) in [6, 6.07) is 8.83. The van der Waals surface area contributed by atoms with Crippen molar-refractivity contribution >= 4 is 11.8 Å². The molecule has 0 saturated carbocycles. The average Bonchev–Trinajstić information content (AvgIpc) is 2.41. The molecule has 2 amide bonds.